The van der Waals surface area contributed by atoms with Crippen LogP contribution in [-0.2, 0) is 0 Å². The molecule has 0 heterocycles. The Morgan fingerprint density at radius 1 is 1.23 bits per heavy atom. The summed E-state index contributed by atoms with van der Waals surface area (Å²) in [5.74, 6) is 0.791. The monoisotopic (exact) mass is 186 g/mol. The fourth-order valence-corrected chi connectivity index (χ4v) is 1.60. The van der Waals surface area contributed by atoms with Gasteiger partial charge in [0, 0.05) is 19.1 Å². The lowest BCUT2D eigenvalue weighted by atomic mass is 10.1. The molecule has 0 aliphatic heterocycles. The lowest BCUT2D eigenvalue weighted by Crippen LogP contribution is -2.37. The van der Waals surface area contributed by atoms with Gasteiger partial charge in [0.1, 0.15) is 0 Å². The highest BCUT2D eigenvalue weighted by Crippen LogP contribution is 2.03. The summed E-state index contributed by atoms with van der Waals surface area (Å²) >= 11 is 0. The van der Waals surface area contributed by atoms with Crippen molar-refractivity contribution in [3.8, 4) is 0 Å². The maximum absolute atomic E-state index is 5.96. The molecule has 2 nitrogen and oxygen atoms in total. The molecule has 2 heteroatoms. The van der Waals surface area contributed by atoms with Gasteiger partial charge in [-0.3, -0.25) is 0 Å². The van der Waals surface area contributed by atoms with E-state index in [1.54, 1.807) is 0 Å². The second kappa shape index (κ2) is 7.34. The maximum Gasteiger partial charge on any atom is 0.0167 e. The highest BCUT2D eigenvalue weighted by molar-refractivity contribution is 4.66. The Balaban J connectivity index is 3.54. The lowest BCUT2D eigenvalue weighted by Gasteiger charge is -2.23. The summed E-state index contributed by atoms with van der Waals surface area (Å²) in [5, 5.41) is 0. The van der Waals surface area contributed by atoms with Crippen LogP contribution in [0.2, 0.25) is 0 Å². The SMILES string of the molecule is CCCC(N)CN(C)CC(C)CC. The van der Waals surface area contributed by atoms with Crippen molar-refractivity contribution in [3.63, 3.8) is 0 Å². The summed E-state index contributed by atoms with van der Waals surface area (Å²) in [5.41, 5.74) is 5.96. The average molecular weight is 186 g/mol. The van der Waals surface area contributed by atoms with E-state index < -0.39 is 0 Å². The third kappa shape index (κ3) is 7.03. The average Bonchev–Trinajstić information content (AvgIpc) is 2.04. The molecular weight excluding hydrogens is 160 g/mol. The molecule has 0 rings (SSSR count). The van der Waals surface area contributed by atoms with Crippen molar-refractivity contribution in [2.24, 2.45) is 11.7 Å². The van der Waals surface area contributed by atoms with Gasteiger partial charge in [0.25, 0.3) is 0 Å². The molecule has 2 atom stereocenters. The van der Waals surface area contributed by atoms with Gasteiger partial charge < -0.3 is 10.6 Å². The van der Waals surface area contributed by atoms with Crippen LogP contribution in [0.5, 0.6) is 0 Å². The number of rotatable bonds is 7. The van der Waals surface area contributed by atoms with Gasteiger partial charge in [0.2, 0.25) is 0 Å². The minimum absolute atomic E-state index is 0.360. The minimum Gasteiger partial charge on any atom is -0.327 e. The largest absolute Gasteiger partial charge is 0.327 e. The second-order valence-electron chi connectivity index (χ2n) is 4.28. The van der Waals surface area contributed by atoms with E-state index in [1.807, 2.05) is 0 Å². The van der Waals surface area contributed by atoms with E-state index in [0.717, 1.165) is 18.9 Å². The van der Waals surface area contributed by atoms with Crippen LogP contribution >= 0.6 is 0 Å². The maximum atomic E-state index is 5.96. The molecule has 0 saturated heterocycles. The van der Waals surface area contributed by atoms with E-state index in [2.05, 4.69) is 32.7 Å². The van der Waals surface area contributed by atoms with Gasteiger partial charge in [0.05, 0.1) is 0 Å². The molecule has 0 amide bonds. The van der Waals surface area contributed by atoms with Crippen LogP contribution in [0.4, 0.5) is 0 Å². The predicted octanol–water partition coefficient (Wildman–Crippen LogP) is 2.09. The van der Waals surface area contributed by atoms with Gasteiger partial charge in [-0.2, -0.15) is 0 Å². The van der Waals surface area contributed by atoms with E-state index in [1.165, 1.54) is 19.4 Å². The van der Waals surface area contributed by atoms with E-state index in [0.29, 0.717) is 6.04 Å². The summed E-state index contributed by atoms with van der Waals surface area (Å²) in [6, 6.07) is 0.360. The van der Waals surface area contributed by atoms with Crippen LogP contribution in [0.15, 0.2) is 0 Å². The molecule has 0 aliphatic carbocycles. The van der Waals surface area contributed by atoms with Crippen LogP contribution in [0.3, 0.4) is 0 Å². The summed E-state index contributed by atoms with van der Waals surface area (Å²) in [7, 11) is 2.17. The van der Waals surface area contributed by atoms with Crippen LogP contribution in [-0.4, -0.2) is 31.1 Å². The van der Waals surface area contributed by atoms with Crippen molar-refractivity contribution in [2.75, 3.05) is 20.1 Å². The Kier molecular flexibility index (Phi) is 7.29. The zero-order chi connectivity index (χ0) is 10.3. The first-order chi connectivity index (χ1) is 6.10. The molecule has 2 unspecified atom stereocenters. The lowest BCUT2D eigenvalue weighted by molar-refractivity contribution is 0.262. The number of hydrogen-bond donors (Lipinski definition) is 1. The fourth-order valence-electron chi connectivity index (χ4n) is 1.60. The molecule has 0 saturated carbocycles. The Morgan fingerprint density at radius 3 is 2.31 bits per heavy atom. The predicted molar refractivity (Wildman–Crippen MR) is 59.8 cm³/mol. The standard InChI is InChI=1S/C11H26N2/c1-5-7-11(12)9-13(4)8-10(3)6-2/h10-11H,5-9,12H2,1-4H3. The molecule has 0 aromatic heterocycles. The zero-order valence-corrected chi connectivity index (χ0v) is 9.71. The Labute approximate surface area is 83.5 Å². The summed E-state index contributed by atoms with van der Waals surface area (Å²) in [4.78, 5) is 2.36. The number of nitrogens with zero attached hydrogens (tertiary/aromatic N) is 1. The first-order valence-electron chi connectivity index (χ1n) is 5.54. The molecule has 0 aromatic rings. The third-order valence-corrected chi connectivity index (χ3v) is 2.53. The van der Waals surface area contributed by atoms with Crippen molar-refractivity contribution < 1.29 is 0 Å². The van der Waals surface area contributed by atoms with Crippen molar-refractivity contribution in [1.29, 1.82) is 0 Å². The first kappa shape index (κ1) is 12.9. The normalized spacial score (nSPS) is 16.2. The molecule has 0 aromatic carbocycles. The van der Waals surface area contributed by atoms with E-state index >= 15 is 0 Å². The molecule has 0 spiro atoms. The second-order valence-corrected chi connectivity index (χ2v) is 4.28. The molecule has 0 fully saturated rings. The molecule has 0 bridgehead atoms. The van der Waals surface area contributed by atoms with Crippen molar-refractivity contribution in [2.45, 2.75) is 46.1 Å². The van der Waals surface area contributed by atoms with Gasteiger partial charge in [0.15, 0.2) is 0 Å². The number of nitrogens with two attached hydrogens (primary N) is 1. The van der Waals surface area contributed by atoms with E-state index in [-0.39, 0.29) is 0 Å². The van der Waals surface area contributed by atoms with Crippen molar-refractivity contribution in [3.05, 3.63) is 0 Å². The topological polar surface area (TPSA) is 29.3 Å². The molecule has 0 radical (unpaired) electrons. The van der Waals surface area contributed by atoms with Gasteiger partial charge in [-0.05, 0) is 19.4 Å². The molecule has 2 N–H and O–H groups in total. The van der Waals surface area contributed by atoms with Crippen LogP contribution < -0.4 is 5.73 Å². The number of hydrogen-bond acceptors (Lipinski definition) is 2. The molecule has 80 valence electrons. The third-order valence-electron chi connectivity index (χ3n) is 2.53. The summed E-state index contributed by atoms with van der Waals surface area (Å²) in [6.45, 7) is 8.94. The van der Waals surface area contributed by atoms with Crippen LogP contribution in [0.25, 0.3) is 0 Å². The smallest absolute Gasteiger partial charge is 0.0167 e. The van der Waals surface area contributed by atoms with Gasteiger partial charge in [-0.15, -0.1) is 0 Å². The van der Waals surface area contributed by atoms with Crippen molar-refractivity contribution in [1.82, 2.24) is 4.90 Å². The highest BCUT2D eigenvalue weighted by Gasteiger charge is 2.08. The van der Waals surface area contributed by atoms with E-state index in [4.69, 9.17) is 5.73 Å². The molecular formula is C11H26N2. The summed E-state index contributed by atoms with van der Waals surface area (Å²) < 4.78 is 0. The quantitative estimate of drug-likeness (QED) is 0.659. The molecule has 13 heavy (non-hydrogen) atoms. The molecule has 0 aliphatic rings. The van der Waals surface area contributed by atoms with Gasteiger partial charge >= 0.3 is 0 Å². The Bertz CT molecular complexity index is 115. The Morgan fingerprint density at radius 2 is 1.85 bits per heavy atom. The Hall–Kier alpha value is -0.0800. The van der Waals surface area contributed by atoms with E-state index in [9.17, 15) is 0 Å². The highest BCUT2D eigenvalue weighted by atomic mass is 15.1. The van der Waals surface area contributed by atoms with Gasteiger partial charge in [-0.1, -0.05) is 33.6 Å². The first-order valence-corrected chi connectivity index (χ1v) is 5.54. The van der Waals surface area contributed by atoms with Crippen LogP contribution in [0.1, 0.15) is 40.0 Å². The number of likely N-dealkylation sites (N-methyl/N-ethyl adjacent to an activating group) is 1. The van der Waals surface area contributed by atoms with Crippen LogP contribution in [0, 0.1) is 5.92 Å². The zero-order valence-electron chi connectivity index (χ0n) is 9.71. The minimum atomic E-state index is 0.360. The fraction of sp³-hybridized carbons (Fsp3) is 1.00. The summed E-state index contributed by atoms with van der Waals surface area (Å²) in [6.07, 6.45) is 3.59. The van der Waals surface area contributed by atoms with Gasteiger partial charge in [-0.25, -0.2) is 0 Å². The van der Waals surface area contributed by atoms with Crippen molar-refractivity contribution >= 4 is 0 Å².